The molecule has 1 rings (SSSR count). The minimum Gasteiger partial charge on any atom is -0.383 e. The number of rotatable bonds is 4. The molecule has 1 heterocycles. The summed E-state index contributed by atoms with van der Waals surface area (Å²) in [5.41, 5.74) is -1.21. The van der Waals surface area contributed by atoms with Gasteiger partial charge in [0, 0.05) is 24.1 Å². The summed E-state index contributed by atoms with van der Waals surface area (Å²) in [6, 6.07) is 0. The molecule has 0 spiro atoms. The van der Waals surface area contributed by atoms with Gasteiger partial charge >= 0.3 is 12.4 Å². The number of aryl methyl sites for hydroxylation is 1. The van der Waals surface area contributed by atoms with E-state index >= 15 is 0 Å². The second-order valence-electron chi connectivity index (χ2n) is 3.71. The summed E-state index contributed by atoms with van der Waals surface area (Å²) in [4.78, 5) is 0. The highest BCUT2D eigenvalue weighted by Crippen LogP contribution is 2.33. The van der Waals surface area contributed by atoms with E-state index in [4.69, 9.17) is 5.11 Å². The molecule has 1 aromatic heterocycles. The van der Waals surface area contributed by atoms with E-state index in [1.54, 1.807) is 0 Å². The highest BCUT2D eigenvalue weighted by Gasteiger charge is 2.39. The number of nitrogens with zero attached hydrogens (tertiary/aromatic N) is 2. The maximum absolute atomic E-state index is 12.6. The Morgan fingerprint density at radius 3 is 2.37 bits per heavy atom. The van der Waals surface area contributed by atoms with Gasteiger partial charge in [-0.2, -0.15) is 43.2 Å². The molecule has 1 atom stereocenters. The van der Waals surface area contributed by atoms with Crippen molar-refractivity contribution < 1.29 is 31.4 Å². The van der Waals surface area contributed by atoms with Crippen molar-refractivity contribution in [3.8, 4) is 0 Å². The average Bonchev–Trinajstić information content (AvgIpc) is 2.57. The number of hydrogen-bond acceptors (Lipinski definition) is 3. The molecule has 0 amide bonds. The summed E-state index contributed by atoms with van der Waals surface area (Å²) in [7, 11) is 1.10. The van der Waals surface area contributed by atoms with Gasteiger partial charge in [-0.25, -0.2) is 0 Å². The Bertz CT molecular complexity index is 427. The molecule has 1 aromatic rings. The molecule has 110 valence electrons. The summed E-state index contributed by atoms with van der Waals surface area (Å²) in [5.74, 6) is -1.04. The highest BCUT2D eigenvalue weighted by atomic mass is 32.2. The smallest absolute Gasteiger partial charge is 0.383 e. The standard InChI is InChI=1S/C9H10F6N2OS/c1-17-7(9(13,14)15)5(2-16-17)3-19-4-6(18)8(10,11)12/h2,6,18H,3-4H2,1H3. The second-order valence-corrected chi connectivity index (χ2v) is 4.74. The van der Waals surface area contributed by atoms with Crippen LogP contribution in [0.5, 0.6) is 0 Å². The van der Waals surface area contributed by atoms with Crippen LogP contribution in [0.2, 0.25) is 0 Å². The molecule has 0 bridgehead atoms. The van der Waals surface area contributed by atoms with Gasteiger partial charge in [0.05, 0.1) is 6.20 Å². The lowest BCUT2D eigenvalue weighted by Gasteiger charge is -2.14. The predicted octanol–water partition coefficient (Wildman–Crippen LogP) is 2.60. The third kappa shape index (κ3) is 4.30. The maximum Gasteiger partial charge on any atom is 0.433 e. The fourth-order valence-electron chi connectivity index (χ4n) is 1.33. The predicted molar refractivity (Wildman–Crippen MR) is 56.4 cm³/mol. The molecule has 0 fully saturated rings. The van der Waals surface area contributed by atoms with Crippen LogP contribution in [-0.2, 0) is 19.0 Å². The van der Waals surface area contributed by atoms with Crippen molar-refractivity contribution in [2.24, 2.45) is 7.05 Å². The number of alkyl halides is 6. The van der Waals surface area contributed by atoms with Gasteiger partial charge in [-0.3, -0.25) is 4.68 Å². The monoisotopic (exact) mass is 308 g/mol. The van der Waals surface area contributed by atoms with E-state index in [1.165, 1.54) is 0 Å². The molecule has 3 nitrogen and oxygen atoms in total. The molecule has 0 radical (unpaired) electrons. The number of aromatic nitrogens is 2. The average molecular weight is 308 g/mol. The van der Waals surface area contributed by atoms with Crippen molar-refractivity contribution in [1.29, 1.82) is 0 Å². The van der Waals surface area contributed by atoms with Crippen LogP contribution in [0.15, 0.2) is 6.20 Å². The van der Waals surface area contributed by atoms with Gasteiger partial charge in [-0.15, -0.1) is 0 Å². The summed E-state index contributed by atoms with van der Waals surface area (Å²) in [6.45, 7) is 0. The lowest BCUT2D eigenvalue weighted by atomic mass is 10.3. The van der Waals surface area contributed by atoms with E-state index < -0.39 is 29.9 Å². The van der Waals surface area contributed by atoms with Crippen LogP contribution in [0.1, 0.15) is 11.3 Å². The SMILES string of the molecule is Cn1ncc(CSCC(O)C(F)(F)F)c1C(F)(F)F. The van der Waals surface area contributed by atoms with Crippen LogP contribution in [0.3, 0.4) is 0 Å². The molecule has 0 saturated heterocycles. The third-order valence-corrected chi connectivity index (χ3v) is 3.26. The Labute approximate surface area is 108 Å². The highest BCUT2D eigenvalue weighted by molar-refractivity contribution is 7.98. The van der Waals surface area contributed by atoms with E-state index in [0.29, 0.717) is 16.4 Å². The Balaban J connectivity index is 2.65. The second kappa shape index (κ2) is 5.61. The maximum atomic E-state index is 12.6. The molecular formula is C9H10F6N2OS. The van der Waals surface area contributed by atoms with Gasteiger partial charge in [-0.1, -0.05) is 0 Å². The topological polar surface area (TPSA) is 38.0 Å². The molecule has 0 saturated carbocycles. The van der Waals surface area contributed by atoms with Crippen molar-refractivity contribution in [3.63, 3.8) is 0 Å². The Morgan fingerprint density at radius 2 is 1.89 bits per heavy atom. The molecule has 0 aliphatic rings. The van der Waals surface area contributed by atoms with E-state index in [0.717, 1.165) is 13.2 Å². The quantitative estimate of drug-likeness (QED) is 0.869. The number of hydrogen-bond donors (Lipinski definition) is 1. The number of aliphatic hydroxyl groups is 1. The largest absolute Gasteiger partial charge is 0.433 e. The Hall–Kier alpha value is -0.900. The van der Waals surface area contributed by atoms with E-state index in [9.17, 15) is 26.3 Å². The summed E-state index contributed by atoms with van der Waals surface area (Å²) in [6.07, 6.45) is -11.0. The van der Waals surface area contributed by atoms with E-state index in [1.807, 2.05) is 0 Å². The van der Waals surface area contributed by atoms with Gasteiger partial charge in [0.25, 0.3) is 0 Å². The van der Waals surface area contributed by atoms with Crippen LogP contribution in [0.4, 0.5) is 26.3 Å². The third-order valence-electron chi connectivity index (χ3n) is 2.19. The van der Waals surface area contributed by atoms with E-state index in [-0.39, 0.29) is 11.3 Å². The van der Waals surface area contributed by atoms with Gasteiger partial charge in [0.15, 0.2) is 6.10 Å². The van der Waals surface area contributed by atoms with Crippen molar-refractivity contribution in [1.82, 2.24) is 9.78 Å². The Kier molecular flexibility index (Phi) is 4.77. The number of thioether (sulfide) groups is 1. The molecule has 19 heavy (non-hydrogen) atoms. The first-order chi connectivity index (χ1) is 8.53. The lowest BCUT2D eigenvalue weighted by molar-refractivity contribution is -0.195. The van der Waals surface area contributed by atoms with Crippen LogP contribution >= 0.6 is 11.8 Å². The first-order valence-electron chi connectivity index (χ1n) is 4.94. The van der Waals surface area contributed by atoms with Crippen molar-refractivity contribution >= 4 is 11.8 Å². The first kappa shape index (κ1) is 16.2. The zero-order chi connectivity index (χ0) is 14.8. The minimum absolute atomic E-state index is 0.214. The van der Waals surface area contributed by atoms with Crippen LogP contribution in [-0.4, -0.2) is 32.9 Å². The molecule has 0 aliphatic heterocycles. The minimum atomic E-state index is -4.77. The summed E-state index contributed by atoms with van der Waals surface area (Å²) in [5, 5.41) is 12.1. The van der Waals surface area contributed by atoms with Crippen LogP contribution in [0, 0.1) is 0 Å². The normalized spacial score (nSPS) is 14.7. The molecule has 0 aliphatic carbocycles. The fourth-order valence-corrected chi connectivity index (χ4v) is 2.29. The zero-order valence-electron chi connectivity index (χ0n) is 9.59. The van der Waals surface area contributed by atoms with Crippen molar-refractivity contribution in [2.75, 3.05) is 5.75 Å². The molecule has 10 heteroatoms. The number of aliphatic hydroxyl groups excluding tert-OH is 1. The summed E-state index contributed by atoms with van der Waals surface area (Å²) >= 11 is 0.562. The van der Waals surface area contributed by atoms with Gasteiger partial charge in [0.2, 0.25) is 0 Å². The Morgan fingerprint density at radius 1 is 1.32 bits per heavy atom. The molecule has 1 unspecified atom stereocenters. The van der Waals surface area contributed by atoms with E-state index in [2.05, 4.69) is 5.10 Å². The summed E-state index contributed by atoms with van der Waals surface area (Å²) < 4.78 is 74.4. The molecule has 1 N–H and O–H groups in total. The van der Waals surface area contributed by atoms with Crippen molar-refractivity contribution in [3.05, 3.63) is 17.5 Å². The van der Waals surface area contributed by atoms with Gasteiger partial charge in [0.1, 0.15) is 5.69 Å². The zero-order valence-corrected chi connectivity index (χ0v) is 10.4. The van der Waals surface area contributed by atoms with Crippen molar-refractivity contribution in [2.45, 2.75) is 24.2 Å². The lowest BCUT2D eigenvalue weighted by Crippen LogP contribution is -2.30. The van der Waals surface area contributed by atoms with Gasteiger partial charge < -0.3 is 5.11 Å². The van der Waals surface area contributed by atoms with Crippen LogP contribution in [0.25, 0.3) is 0 Å². The van der Waals surface area contributed by atoms with Crippen LogP contribution < -0.4 is 0 Å². The fraction of sp³-hybridized carbons (Fsp3) is 0.667. The first-order valence-corrected chi connectivity index (χ1v) is 6.09. The number of halogens is 6. The molecule has 0 aromatic carbocycles. The molecular weight excluding hydrogens is 298 g/mol. The van der Waals surface area contributed by atoms with Gasteiger partial charge in [-0.05, 0) is 0 Å².